The first kappa shape index (κ1) is 29.1. The molecular weight excluding hydrogens is 576 g/mol. The van der Waals surface area contributed by atoms with Gasteiger partial charge in [0, 0.05) is 27.3 Å². The molecule has 214 valence electrons. The quantitative estimate of drug-likeness (QED) is 0.0465. The largest absolute Gasteiger partial charge is 0.504 e. The van der Waals surface area contributed by atoms with Crippen LogP contribution in [-0.2, 0) is 15.5 Å². The minimum Gasteiger partial charge on any atom is -0.504 e. The Bertz CT molecular complexity index is 2200. The molecule has 0 saturated carbocycles. The van der Waals surface area contributed by atoms with Gasteiger partial charge in [-0.25, -0.2) is 0 Å². The summed E-state index contributed by atoms with van der Waals surface area (Å²) in [5.74, 6) is -4.79. The van der Waals surface area contributed by atoms with E-state index in [4.69, 9.17) is 15.1 Å². The zero-order valence-corrected chi connectivity index (χ0v) is 22.3. The number of phenolic OH excluding ortho intramolecular Hbond substituents is 5. The van der Waals surface area contributed by atoms with Gasteiger partial charge >= 0.3 is 15.2 Å². The van der Waals surface area contributed by atoms with Gasteiger partial charge in [0.25, 0.3) is 10.8 Å². The lowest BCUT2D eigenvalue weighted by Crippen LogP contribution is -2.48. The molecule has 16 nitrogen and oxygen atoms in total. The average molecular weight is 596 g/mol. The van der Waals surface area contributed by atoms with Crippen molar-refractivity contribution in [1.29, 1.82) is 10.9 Å². The Balaban J connectivity index is 1.91. The van der Waals surface area contributed by atoms with Crippen LogP contribution in [0, 0.1) is 10.9 Å². The van der Waals surface area contributed by atoms with Crippen LogP contribution in [0.25, 0.3) is 15.9 Å². The van der Waals surface area contributed by atoms with Crippen LogP contribution in [-0.4, -0.2) is 34.0 Å². The predicted octanol–water partition coefficient (Wildman–Crippen LogP) is 1.57. The fourth-order valence-electron chi connectivity index (χ4n) is 4.43. The molecule has 0 aliphatic carbocycles. The molecule has 42 heavy (non-hydrogen) atoms. The van der Waals surface area contributed by atoms with Gasteiger partial charge in [-0.15, -0.1) is 5.10 Å². The second-order valence-electron chi connectivity index (χ2n) is 9.22. The molecule has 0 amide bonds. The van der Waals surface area contributed by atoms with Crippen molar-refractivity contribution in [1.82, 2.24) is 0 Å². The Hall–Kier alpha value is -5.89. The Morgan fingerprint density at radius 3 is 2.10 bits per heavy atom. The number of aromatic hydroxyl groups is 5. The lowest BCUT2D eigenvalue weighted by atomic mass is 9.77. The zero-order valence-electron chi connectivity index (χ0n) is 21.5. The summed E-state index contributed by atoms with van der Waals surface area (Å²) >= 11 is 0. The van der Waals surface area contributed by atoms with Crippen LogP contribution in [0.3, 0.4) is 0 Å². The number of hydrogen-bond acceptors (Lipinski definition) is 14. The normalized spacial score (nSPS) is 12.8. The van der Waals surface area contributed by atoms with Crippen molar-refractivity contribution in [2.24, 2.45) is 15.4 Å². The van der Waals surface area contributed by atoms with Gasteiger partial charge in [-0.1, -0.05) is 43.3 Å². The number of benzene rings is 4. The summed E-state index contributed by atoms with van der Waals surface area (Å²) in [5.41, 5.74) is 3.03. The van der Waals surface area contributed by atoms with E-state index in [1.165, 1.54) is 26.0 Å². The van der Waals surface area contributed by atoms with Crippen LogP contribution in [0.1, 0.15) is 25.0 Å². The lowest BCUT2D eigenvalue weighted by molar-refractivity contribution is 0.356. The van der Waals surface area contributed by atoms with Gasteiger partial charge < -0.3 is 29.7 Å². The van der Waals surface area contributed by atoms with Crippen LogP contribution in [0.15, 0.2) is 72.4 Å². The highest BCUT2D eigenvalue weighted by Crippen LogP contribution is 2.50. The van der Waals surface area contributed by atoms with Crippen molar-refractivity contribution >= 4 is 20.9 Å². The third kappa shape index (κ3) is 4.50. The topological polar surface area (TPSA) is 268 Å². The lowest BCUT2D eigenvalue weighted by Gasteiger charge is -2.28. The number of phenols is 5. The van der Waals surface area contributed by atoms with Crippen LogP contribution in [0.5, 0.6) is 34.5 Å². The van der Waals surface area contributed by atoms with Gasteiger partial charge in [0.1, 0.15) is 4.90 Å². The van der Waals surface area contributed by atoms with Crippen LogP contribution < -0.4 is 25.8 Å². The number of rotatable bonds is 6. The smallest absolute Gasteiger partial charge is 0.340 e. The number of fused-ring (bicyclic) bond motifs is 1. The number of nitrogens with one attached hydrogen (secondary N) is 1. The van der Waals surface area contributed by atoms with Crippen LogP contribution >= 0.6 is 0 Å². The second-order valence-corrected chi connectivity index (χ2v) is 10.7. The molecule has 0 radical (unpaired) electrons. The standard InChI is InChI=1S/C25H18N6O10S/c1-25(2,11-6-8-13(32)22(36)20(11)34)12-7-9-14(23(37)21(12)35)41-42(39,40)15-5-3-4-10-16(15)17(28-30-26)18(29-31-27)24(38)19(10)33/h3-9H,1-2H3,(H5,26,27,28,29,30,31,32,33,34,35,36,37,38)/p+1. The predicted molar refractivity (Wildman–Crippen MR) is 141 cm³/mol. The van der Waals surface area contributed by atoms with Crippen molar-refractivity contribution in [3.8, 4) is 34.5 Å². The molecule has 0 fully saturated rings. The van der Waals surface area contributed by atoms with Gasteiger partial charge in [-0.3, -0.25) is 9.59 Å². The highest BCUT2D eigenvalue weighted by Gasteiger charge is 2.34. The molecule has 0 aromatic heterocycles. The van der Waals surface area contributed by atoms with Crippen molar-refractivity contribution in [3.05, 3.63) is 89.8 Å². The van der Waals surface area contributed by atoms with Crippen molar-refractivity contribution in [3.63, 3.8) is 0 Å². The molecule has 0 heterocycles. The molecular formula is C25H19N6O10S+. The highest BCUT2D eigenvalue weighted by molar-refractivity contribution is 7.87. The Morgan fingerprint density at radius 1 is 0.857 bits per heavy atom. The van der Waals surface area contributed by atoms with Gasteiger partial charge in [0.15, 0.2) is 38.8 Å². The second kappa shape index (κ2) is 10.3. The van der Waals surface area contributed by atoms with E-state index in [2.05, 4.69) is 20.5 Å². The molecule has 0 spiro atoms. The summed E-state index contributed by atoms with van der Waals surface area (Å²) in [6.07, 6.45) is 0. The molecule has 0 bridgehead atoms. The molecule has 4 aromatic carbocycles. The van der Waals surface area contributed by atoms with E-state index in [1.807, 2.05) is 0 Å². The highest BCUT2D eigenvalue weighted by atomic mass is 32.2. The summed E-state index contributed by atoms with van der Waals surface area (Å²) in [7, 11) is -5.01. The molecule has 0 aliphatic rings. The first-order chi connectivity index (χ1) is 19.7. The fraction of sp³-hybridized carbons (Fsp3) is 0.120. The van der Waals surface area contributed by atoms with E-state index in [0.717, 1.165) is 30.3 Å². The number of hydrogen-bond donors (Lipinski definition) is 6. The minimum absolute atomic E-state index is 0.0296. The third-order valence-corrected chi connectivity index (χ3v) is 7.79. The maximum Gasteiger partial charge on any atom is 0.340 e. The molecule has 17 heteroatoms. The summed E-state index contributed by atoms with van der Waals surface area (Å²) in [5, 5.41) is 69.6. The van der Waals surface area contributed by atoms with E-state index in [9.17, 15) is 43.5 Å². The van der Waals surface area contributed by atoms with Crippen molar-refractivity contribution in [2.45, 2.75) is 24.2 Å². The maximum absolute atomic E-state index is 13.4. The van der Waals surface area contributed by atoms with E-state index >= 15 is 0 Å². The summed E-state index contributed by atoms with van der Waals surface area (Å²) in [6.45, 7) is 2.99. The molecule has 6 N–H and O–H groups in total. The minimum atomic E-state index is -5.01. The maximum atomic E-state index is 13.4. The Labute approximate surface area is 233 Å². The summed E-state index contributed by atoms with van der Waals surface area (Å²) < 4.78 is 31.9. The third-order valence-electron chi connectivity index (χ3n) is 6.51. The SMILES string of the molecule is CC(C)(c1ccc(O)c(O)c1O)c1ccc(OS(=O)(=O)c2cccc3c(=O)c(=O)c(=NN=N)c(=N[N+]#N)c23)c(O)c1O. The monoisotopic (exact) mass is 595 g/mol. The van der Waals surface area contributed by atoms with E-state index in [0.29, 0.717) is 0 Å². The molecule has 0 unspecified atom stereocenters. The zero-order chi connectivity index (χ0) is 31.1. The van der Waals surface area contributed by atoms with E-state index < -0.39 is 87.3 Å². The Kier molecular flexibility index (Phi) is 7.11. The van der Waals surface area contributed by atoms with Gasteiger partial charge in [0.05, 0.1) is 0 Å². The van der Waals surface area contributed by atoms with Gasteiger partial charge in [-0.05, 0) is 18.2 Å². The van der Waals surface area contributed by atoms with Crippen molar-refractivity contribution in [2.75, 3.05) is 0 Å². The molecule has 4 rings (SSSR count). The number of nitrogens with zero attached hydrogens (tertiary/aromatic N) is 5. The first-order valence-electron chi connectivity index (χ1n) is 11.5. The first-order valence-corrected chi connectivity index (χ1v) is 12.9. The molecule has 0 aliphatic heterocycles. The van der Waals surface area contributed by atoms with E-state index in [1.54, 1.807) is 0 Å². The fourth-order valence-corrected chi connectivity index (χ4v) is 5.59. The summed E-state index contributed by atoms with van der Waals surface area (Å²) in [6, 6.07) is 7.67. The summed E-state index contributed by atoms with van der Waals surface area (Å²) in [4.78, 5) is 24.3. The van der Waals surface area contributed by atoms with Crippen LogP contribution in [0.2, 0.25) is 0 Å². The molecule has 4 aromatic rings. The average Bonchev–Trinajstić information content (AvgIpc) is 2.94. The number of diazo groups is 1. The van der Waals surface area contributed by atoms with Gasteiger partial charge in [-0.2, -0.15) is 13.9 Å². The molecule has 0 saturated heterocycles. The Morgan fingerprint density at radius 2 is 1.48 bits per heavy atom. The van der Waals surface area contributed by atoms with E-state index in [-0.39, 0.29) is 11.1 Å². The van der Waals surface area contributed by atoms with Gasteiger partial charge in [0.2, 0.25) is 16.9 Å². The van der Waals surface area contributed by atoms with Crippen molar-refractivity contribution < 1.29 is 38.1 Å². The van der Waals surface area contributed by atoms with Crippen LogP contribution in [0.4, 0.5) is 0 Å². The molecule has 0 atom stereocenters.